The summed E-state index contributed by atoms with van der Waals surface area (Å²) in [4.78, 5) is 15.4. The Morgan fingerprint density at radius 3 is 2.52 bits per heavy atom. The molecule has 5 heteroatoms. The summed E-state index contributed by atoms with van der Waals surface area (Å²) in [5.41, 5.74) is 2.02. The number of morpholine rings is 1. The lowest BCUT2D eigenvalue weighted by Gasteiger charge is -2.35. The Morgan fingerprint density at radius 1 is 1.07 bits per heavy atom. The van der Waals surface area contributed by atoms with Gasteiger partial charge in [-0.05, 0) is 38.5 Å². The third-order valence-corrected chi connectivity index (χ3v) is 5.27. The number of benzene rings is 2. The molecule has 2 heterocycles. The van der Waals surface area contributed by atoms with E-state index in [0.29, 0.717) is 34.6 Å². The van der Waals surface area contributed by atoms with E-state index in [1.165, 1.54) is 0 Å². The Hall–Kier alpha value is -2.63. The van der Waals surface area contributed by atoms with Crippen LogP contribution in [-0.2, 0) is 4.74 Å². The third-order valence-electron chi connectivity index (χ3n) is 5.27. The molecule has 0 N–H and O–H groups in total. The molecule has 0 bridgehead atoms. The van der Waals surface area contributed by atoms with Gasteiger partial charge in [0.25, 0.3) is 0 Å². The number of aryl methyl sites for hydroxylation is 1. The van der Waals surface area contributed by atoms with E-state index in [0.717, 1.165) is 25.2 Å². The van der Waals surface area contributed by atoms with Crippen molar-refractivity contribution in [2.24, 2.45) is 0 Å². The van der Waals surface area contributed by atoms with Gasteiger partial charge in [-0.1, -0.05) is 30.3 Å². The van der Waals surface area contributed by atoms with Gasteiger partial charge in [-0.25, -0.2) is 0 Å². The van der Waals surface area contributed by atoms with Crippen LogP contribution < -0.4 is 10.2 Å². The molecule has 0 saturated carbocycles. The number of ether oxygens (including phenoxy) is 2. The minimum absolute atomic E-state index is 0.0159. The molecule has 0 spiro atoms. The van der Waals surface area contributed by atoms with Crippen molar-refractivity contribution in [2.75, 3.05) is 26.2 Å². The second-order valence-corrected chi connectivity index (χ2v) is 7.75. The molecular weight excluding hydrogens is 366 g/mol. The van der Waals surface area contributed by atoms with E-state index >= 15 is 0 Å². The van der Waals surface area contributed by atoms with Crippen molar-refractivity contribution in [3.8, 4) is 16.9 Å². The zero-order chi connectivity index (χ0) is 20.4. The second kappa shape index (κ2) is 8.39. The highest BCUT2D eigenvalue weighted by molar-refractivity contribution is 5.83. The molecule has 3 aromatic rings. The zero-order valence-electron chi connectivity index (χ0n) is 17.2. The molecule has 0 aliphatic carbocycles. The molecule has 1 aliphatic heterocycles. The van der Waals surface area contributed by atoms with Gasteiger partial charge in [-0.3, -0.25) is 9.69 Å². The van der Waals surface area contributed by atoms with Crippen LogP contribution in [0.1, 0.15) is 19.6 Å². The van der Waals surface area contributed by atoms with Crippen molar-refractivity contribution in [3.63, 3.8) is 0 Å². The largest absolute Gasteiger partial charge is 0.492 e. The summed E-state index contributed by atoms with van der Waals surface area (Å²) >= 11 is 0. The van der Waals surface area contributed by atoms with Gasteiger partial charge in [0.05, 0.1) is 23.2 Å². The lowest BCUT2D eigenvalue weighted by molar-refractivity contribution is -0.0699. The van der Waals surface area contributed by atoms with Gasteiger partial charge in [0, 0.05) is 25.7 Å². The van der Waals surface area contributed by atoms with Crippen LogP contribution in [0.25, 0.3) is 22.1 Å². The van der Waals surface area contributed by atoms with Gasteiger partial charge in [0.1, 0.15) is 23.7 Å². The summed E-state index contributed by atoms with van der Waals surface area (Å²) in [5, 5.41) is 0.567. The molecule has 1 aliphatic rings. The Bertz CT molecular complexity index is 1030. The molecule has 5 nitrogen and oxygen atoms in total. The Kier molecular flexibility index (Phi) is 5.69. The normalized spacial score (nSPS) is 20.1. The predicted octanol–water partition coefficient (Wildman–Crippen LogP) is 4.26. The average Bonchev–Trinajstić information content (AvgIpc) is 2.68. The van der Waals surface area contributed by atoms with Gasteiger partial charge in [-0.2, -0.15) is 0 Å². The van der Waals surface area contributed by atoms with E-state index in [1.807, 2.05) is 49.4 Å². The summed E-state index contributed by atoms with van der Waals surface area (Å²) in [6, 6.07) is 15.1. The van der Waals surface area contributed by atoms with Gasteiger partial charge in [0.15, 0.2) is 0 Å². The van der Waals surface area contributed by atoms with Gasteiger partial charge >= 0.3 is 0 Å². The van der Waals surface area contributed by atoms with Gasteiger partial charge < -0.3 is 13.9 Å². The molecule has 0 amide bonds. The molecule has 4 rings (SSSR count). The number of hydrogen-bond acceptors (Lipinski definition) is 5. The maximum Gasteiger partial charge on any atom is 0.200 e. The first-order chi connectivity index (χ1) is 14.0. The summed E-state index contributed by atoms with van der Waals surface area (Å²) < 4.78 is 17.7. The SMILES string of the molecule is Cc1oc2cc(OCCN3CC(C)OC(C)C3)ccc2c(=O)c1-c1ccccc1. The summed E-state index contributed by atoms with van der Waals surface area (Å²) in [6.07, 6.45) is 0.492. The highest BCUT2D eigenvalue weighted by atomic mass is 16.5. The lowest BCUT2D eigenvalue weighted by atomic mass is 10.0. The molecule has 152 valence electrons. The number of rotatable bonds is 5. The number of nitrogens with zero attached hydrogens (tertiary/aromatic N) is 1. The maximum absolute atomic E-state index is 13.0. The summed E-state index contributed by atoms with van der Waals surface area (Å²) in [6.45, 7) is 9.28. The topological polar surface area (TPSA) is 51.9 Å². The Balaban J connectivity index is 1.50. The monoisotopic (exact) mass is 393 g/mol. The van der Waals surface area contributed by atoms with Crippen molar-refractivity contribution in [1.29, 1.82) is 0 Å². The van der Waals surface area contributed by atoms with Crippen LogP contribution in [0.15, 0.2) is 57.7 Å². The Morgan fingerprint density at radius 2 is 1.79 bits per heavy atom. The van der Waals surface area contributed by atoms with E-state index in [1.54, 1.807) is 6.07 Å². The fourth-order valence-corrected chi connectivity index (χ4v) is 4.07. The molecule has 29 heavy (non-hydrogen) atoms. The summed E-state index contributed by atoms with van der Waals surface area (Å²) in [5.74, 6) is 1.32. The molecular formula is C24H27NO4. The van der Waals surface area contributed by atoms with Crippen LogP contribution in [-0.4, -0.2) is 43.3 Å². The van der Waals surface area contributed by atoms with Gasteiger partial charge in [-0.15, -0.1) is 0 Å². The highest BCUT2D eigenvalue weighted by Crippen LogP contribution is 2.26. The van der Waals surface area contributed by atoms with E-state index in [4.69, 9.17) is 13.9 Å². The smallest absolute Gasteiger partial charge is 0.200 e. The minimum atomic E-state index is -0.0159. The molecule has 1 saturated heterocycles. The summed E-state index contributed by atoms with van der Waals surface area (Å²) in [7, 11) is 0. The van der Waals surface area contributed by atoms with Crippen molar-refractivity contribution in [2.45, 2.75) is 33.0 Å². The number of hydrogen-bond donors (Lipinski definition) is 0. The van der Waals surface area contributed by atoms with Crippen LogP contribution in [0.2, 0.25) is 0 Å². The van der Waals surface area contributed by atoms with Crippen LogP contribution in [0.3, 0.4) is 0 Å². The Labute approximate surface area is 170 Å². The quantitative estimate of drug-likeness (QED) is 0.648. The third kappa shape index (κ3) is 4.36. The molecule has 1 fully saturated rings. The zero-order valence-corrected chi connectivity index (χ0v) is 17.2. The molecule has 2 aromatic carbocycles. The highest BCUT2D eigenvalue weighted by Gasteiger charge is 2.21. The van der Waals surface area contributed by atoms with Gasteiger partial charge in [0.2, 0.25) is 5.43 Å². The van der Waals surface area contributed by atoms with E-state index in [2.05, 4.69) is 18.7 Å². The first-order valence-corrected chi connectivity index (χ1v) is 10.1. The average molecular weight is 393 g/mol. The van der Waals surface area contributed by atoms with Crippen LogP contribution in [0.5, 0.6) is 5.75 Å². The lowest BCUT2D eigenvalue weighted by Crippen LogP contribution is -2.46. The van der Waals surface area contributed by atoms with E-state index < -0.39 is 0 Å². The van der Waals surface area contributed by atoms with Crippen LogP contribution in [0.4, 0.5) is 0 Å². The minimum Gasteiger partial charge on any atom is -0.492 e. The molecule has 0 radical (unpaired) electrons. The van der Waals surface area contributed by atoms with E-state index in [-0.39, 0.29) is 17.6 Å². The van der Waals surface area contributed by atoms with Crippen molar-refractivity contribution in [3.05, 3.63) is 64.5 Å². The fourth-order valence-electron chi connectivity index (χ4n) is 4.07. The first kappa shape index (κ1) is 19.7. The molecule has 2 atom stereocenters. The van der Waals surface area contributed by atoms with Crippen molar-refractivity contribution < 1.29 is 13.9 Å². The second-order valence-electron chi connectivity index (χ2n) is 7.75. The van der Waals surface area contributed by atoms with E-state index in [9.17, 15) is 4.79 Å². The van der Waals surface area contributed by atoms with Crippen LogP contribution >= 0.6 is 0 Å². The standard InChI is InChI=1S/C24H27NO4/c1-16-14-25(15-17(2)28-16)11-12-27-20-9-10-21-22(13-20)29-18(3)23(24(21)26)19-7-5-4-6-8-19/h4-10,13,16-17H,11-12,14-15H2,1-3H3. The fraction of sp³-hybridized carbons (Fsp3) is 0.375. The molecule has 2 unspecified atom stereocenters. The first-order valence-electron chi connectivity index (χ1n) is 10.1. The predicted molar refractivity (Wildman–Crippen MR) is 115 cm³/mol. The van der Waals surface area contributed by atoms with Crippen molar-refractivity contribution >= 4 is 11.0 Å². The maximum atomic E-state index is 13.0. The molecule has 1 aromatic heterocycles. The van der Waals surface area contributed by atoms with Crippen molar-refractivity contribution in [1.82, 2.24) is 4.90 Å². The van der Waals surface area contributed by atoms with Crippen LogP contribution in [0, 0.1) is 6.92 Å². The number of fused-ring (bicyclic) bond motifs is 1.